The third-order valence-electron chi connectivity index (χ3n) is 7.53. The van der Waals surface area contributed by atoms with Crippen molar-refractivity contribution in [2.24, 2.45) is 0 Å². The number of H-pyrrole nitrogens is 1. The highest BCUT2D eigenvalue weighted by molar-refractivity contribution is 6.30. The number of hydrogen-bond donors (Lipinski definition) is 3. The predicted molar refractivity (Wildman–Crippen MR) is 140 cm³/mol. The van der Waals surface area contributed by atoms with Crippen molar-refractivity contribution in [3.63, 3.8) is 0 Å². The molecule has 2 atom stereocenters. The van der Waals surface area contributed by atoms with Crippen molar-refractivity contribution in [3.05, 3.63) is 74.4 Å². The van der Waals surface area contributed by atoms with Gasteiger partial charge >= 0.3 is 0 Å². The summed E-state index contributed by atoms with van der Waals surface area (Å²) in [6.45, 7) is 1.50. The van der Waals surface area contributed by atoms with Crippen LogP contribution < -0.4 is 10.9 Å². The zero-order valence-electron chi connectivity index (χ0n) is 20.9. The van der Waals surface area contributed by atoms with Crippen LogP contribution in [0.4, 0.5) is 18.9 Å². The molecule has 3 aromatic rings. The third-order valence-corrected chi connectivity index (χ3v) is 7.77. The quantitative estimate of drug-likeness (QED) is 0.440. The summed E-state index contributed by atoms with van der Waals surface area (Å²) in [6, 6.07) is 9.01. The molecule has 39 heavy (non-hydrogen) atoms. The van der Waals surface area contributed by atoms with Gasteiger partial charge in [-0.2, -0.15) is 0 Å². The number of aliphatic hydroxyl groups is 1. The Kier molecular flexibility index (Phi) is 7.06. The standard InChI is InChI=1S/C27H26ClF3N4O4/c1-14-18-3-2-17(28)8-15(18)4-6-35(14)23(36)12-32-21-9-16-10-22(33-24(37)19(16)11-20(21)29)25(38)34-7-5-27(39,13-34)26(30)31/h2-3,8-11,14,26,32,39H,4-7,12-13H2,1H3,(H,33,37)/t14-,27?/m0/s1. The monoisotopic (exact) mass is 562 g/mol. The van der Waals surface area contributed by atoms with Gasteiger partial charge in [0.25, 0.3) is 17.9 Å². The Balaban J connectivity index is 1.33. The van der Waals surface area contributed by atoms with Crippen LogP contribution >= 0.6 is 11.6 Å². The molecule has 12 heteroatoms. The van der Waals surface area contributed by atoms with Crippen LogP contribution in [0.1, 0.15) is 41.0 Å². The fraction of sp³-hybridized carbons (Fsp3) is 0.370. The molecule has 1 aromatic heterocycles. The number of hydrogen-bond acceptors (Lipinski definition) is 5. The van der Waals surface area contributed by atoms with E-state index in [0.29, 0.717) is 18.0 Å². The maximum atomic E-state index is 14.8. The number of nitrogens with zero attached hydrogens (tertiary/aromatic N) is 2. The van der Waals surface area contributed by atoms with Crippen molar-refractivity contribution in [2.75, 3.05) is 31.5 Å². The topological polar surface area (TPSA) is 106 Å². The molecule has 1 saturated heterocycles. The van der Waals surface area contributed by atoms with E-state index in [1.807, 2.05) is 19.1 Å². The van der Waals surface area contributed by atoms with E-state index in [1.54, 1.807) is 11.0 Å². The minimum atomic E-state index is -3.02. The Labute approximate surface area is 226 Å². The molecule has 2 aromatic carbocycles. The fourth-order valence-corrected chi connectivity index (χ4v) is 5.49. The van der Waals surface area contributed by atoms with E-state index in [1.165, 1.54) is 12.1 Å². The number of likely N-dealkylation sites (tertiary alicyclic amines) is 1. The number of halogens is 4. The molecule has 0 radical (unpaired) electrons. The second-order valence-corrected chi connectivity index (χ2v) is 10.5. The minimum Gasteiger partial charge on any atom is -0.382 e. The number of aromatic nitrogens is 1. The highest BCUT2D eigenvalue weighted by Gasteiger charge is 2.45. The first-order valence-corrected chi connectivity index (χ1v) is 12.8. The molecule has 0 saturated carbocycles. The third kappa shape index (κ3) is 5.08. The van der Waals surface area contributed by atoms with Gasteiger partial charge in [-0.15, -0.1) is 0 Å². The van der Waals surface area contributed by atoms with Gasteiger partial charge in [0.05, 0.1) is 30.2 Å². The number of amides is 2. The predicted octanol–water partition coefficient (Wildman–Crippen LogP) is 3.72. The molecule has 1 fully saturated rings. The van der Waals surface area contributed by atoms with E-state index >= 15 is 0 Å². The van der Waals surface area contributed by atoms with Crippen LogP contribution in [-0.4, -0.2) is 69.9 Å². The molecule has 2 aliphatic heterocycles. The van der Waals surface area contributed by atoms with Crippen LogP contribution in [-0.2, 0) is 11.2 Å². The molecule has 0 spiro atoms. The SMILES string of the molecule is C[C@H]1c2ccc(Cl)cc2CCN1C(=O)CNc1cc2cc(C(=O)N3CCC(O)(C(F)F)C3)[nH]c(=O)c2cc1F. The lowest BCUT2D eigenvalue weighted by Gasteiger charge is -2.35. The molecule has 206 valence electrons. The molecule has 0 aliphatic carbocycles. The van der Waals surface area contributed by atoms with Gasteiger partial charge in [0.15, 0.2) is 0 Å². The van der Waals surface area contributed by atoms with Gasteiger partial charge < -0.3 is 25.2 Å². The van der Waals surface area contributed by atoms with Crippen LogP contribution in [0.2, 0.25) is 5.02 Å². The smallest absolute Gasteiger partial charge is 0.270 e. The number of anilines is 1. The first kappa shape index (κ1) is 27.0. The van der Waals surface area contributed by atoms with Crippen molar-refractivity contribution >= 4 is 39.9 Å². The van der Waals surface area contributed by atoms with E-state index in [0.717, 1.165) is 22.1 Å². The zero-order valence-corrected chi connectivity index (χ0v) is 21.7. The Morgan fingerprint density at radius 1 is 1.23 bits per heavy atom. The number of carbonyl (C=O) groups excluding carboxylic acids is 2. The van der Waals surface area contributed by atoms with Crippen molar-refractivity contribution in [3.8, 4) is 0 Å². The molecule has 2 aliphatic rings. The summed E-state index contributed by atoms with van der Waals surface area (Å²) in [7, 11) is 0. The highest BCUT2D eigenvalue weighted by atomic mass is 35.5. The van der Waals surface area contributed by atoms with E-state index < -0.39 is 35.9 Å². The summed E-state index contributed by atoms with van der Waals surface area (Å²) in [6.07, 6.45) is -2.68. The largest absolute Gasteiger partial charge is 0.382 e. The van der Waals surface area contributed by atoms with Crippen LogP contribution in [0.5, 0.6) is 0 Å². The molecule has 3 heterocycles. The van der Waals surface area contributed by atoms with Crippen LogP contribution in [0.3, 0.4) is 0 Å². The summed E-state index contributed by atoms with van der Waals surface area (Å²) in [5.41, 5.74) is -1.18. The van der Waals surface area contributed by atoms with Gasteiger partial charge in [-0.25, -0.2) is 13.2 Å². The summed E-state index contributed by atoms with van der Waals surface area (Å²) in [5, 5.41) is 13.6. The number of nitrogens with one attached hydrogen (secondary N) is 2. The van der Waals surface area contributed by atoms with Gasteiger partial charge in [-0.3, -0.25) is 14.4 Å². The molecule has 1 unspecified atom stereocenters. The normalized spacial score (nSPS) is 20.9. The molecule has 8 nitrogen and oxygen atoms in total. The lowest BCUT2D eigenvalue weighted by atomic mass is 9.93. The zero-order chi connectivity index (χ0) is 28.1. The Hall–Kier alpha value is -3.57. The van der Waals surface area contributed by atoms with Gasteiger partial charge in [0, 0.05) is 24.5 Å². The van der Waals surface area contributed by atoms with Gasteiger partial charge in [-0.05, 0) is 60.2 Å². The van der Waals surface area contributed by atoms with Gasteiger partial charge in [0.1, 0.15) is 17.1 Å². The molecular weight excluding hydrogens is 537 g/mol. The average Bonchev–Trinajstić information content (AvgIpc) is 3.31. The molecule has 5 rings (SSSR count). The molecule has 2 amide bonds. The Morgan fingerprint density at radius 3 is 2.72 bits per heavy atom. The number of β-amino-alcohol motifs (C(OH)–C–C–N with tert-alkyl or cyclic N) is 1. The first-order valence-electron chi connectivity index (χ1n) is 12.4. The number of fused-ring (bicyclic) bond motifs is 2. The lowest BCUT2D eigenvalue weighted by Crippen LogP contribution is -2.42. The number of aromatic amines is 1. The maximum Gasteiger partial charge on any atom is 0.270 e. The second-order valence-electron chi connectivity index (χ2n) is 10.0. The van der Waals surface area contributed by atoms with Crippen molar-refractivity contribution in [1.82, 2.24) is 14.8 Å². The lowest BCUT2D eigenvalue weighted by molar-refractivity contribution is -0.131. The summed E-state index contributed by atoms with van der Waals surface area (Å²) in [5.74, 6) is -1.74. The number of rotatable bonds is 5. The number of benzene rings is 2. The summed E-state index contributed by atoms with van der Waals surface area (Å²) in [4.78, 5) is 43.6. The fourth-order valence-electron chi connectivity index (χ4n) is 5.29. The van der Waals surface area contributed by atoms with E-state index in [4.69, 9.17) is 11.6 Å². The maximum absolute atomic E-state index is 14.8. The minimum absolute atomic E-state index is 0.0219. The van der Waals surface area contributed by atoms with Crippen molar-refractivity contribution in [1.29, 1.82) is 0 Å². The number of carbonyl (C=O) groups is 2. The van der Waals surface area contributed by atoms with Crippen molar-refractivity contribution < 1.29 is 27.9 Å². The Bertz CT molecular complexity index is 1530. The van der Waals surface area contributed by atoms with E-state index in [9.17, 15) is 32.7 Å². The Morgan fingerprint density at radius 2 is 2.00 bits per heavy atom. The summed E-state index contributed by atoms with van der Waals surface area (Å²) < 4.78 is 41.1. The number of alkyl halides is 2. The second kappa shape index (κ2) is 10.2. The van der Waals surface area contributed by atoms with E-state index in [2.05, 4.69) is 10.3 Å². The van der Waals surface area contributed by atoms with Gasteiger partial charge in [-0.1, -0.05) is 17.7 Å². The summed E-state index contributed by atoms with van der Waals surface area (Å²) >= 11 is 6.08. The molecular formula is C27H26ClF3N4O4. The van der Waals surface area contributed by atoms with Crippen LogP contribution in [0, 0.1) is 5.82 Å². The highest BCUT2D eigenvalue weighted by Crippen LogP contribution is 2.32. The molecule has 3 N–H and O–H groups in total. The first-order chi connectivity index (χ1) is 18.5. The van der Waals surface area contributed by atoms with Crippen LogP contribution in [0.15, 0.2) is 41.2 Å². The van der Waals surface area contributed by atoms with Crippen molar-refractivity contribution in [2.45, 2.75) is 37.8 Å². The number of pyridine rings is 1. The van der Waals surface area contributed by atoms with Gasteiger partial charge in [0.2, 0.25) is 5.91 Å². The van der Waals surface area contributed by atoms with Crippen LogP contribution in [0.25, 0.3) is 10.8 Å². The van der Waals surface area contributed by atoms with E-state index in [-0.39, 0.29) is 53.6 Å². The molecule has 0 bridgehead atoms. The average molecular weight is 563 g/mol.